The lowest BCUT2D eigenvalue weighted by Gasteiger charge is -2.40. The Morgan fingerprint density at radius 1 is 0.966 bits per heavy atom. The molecule has 0 spiro atoms. The average Bonchev–Trinajstić information content (AvgIpc) is 2.66. The summed E-state index contributed by atoms with van der Waals surface area (Å²) in [6, 6.07) is 3.29. The van der Waals surface area contributed by atoms with Crippen LogP contribution in [0, 0.1) is 29.3 Å². The van der Waals surface area contributed by atoms with Gasteiger partial charge < -0.3 is 0 Å². The summed E-state index contributed by atoms with van der Waals surface area (Å²) in [4.78, 5) is 0. The Bertz CT molecular complexity index is 959. The highest BCUT2D eigenvalue weighted by atomic mass is 19.4. The largest absolute Gasteiger partial charge is 0.419 e. The molecule has 1 fully saturated rings. The van der Waals surface area contributed by atoms with Crippen molar-refractivity contribution in [3.05, 3.63) is 71.1 Å². The third kappa shape index (κ3) is 3.47. The van der Waals surface area contributed by atoms with E-state index < -0.39 is 34.8 Å². The molecule has 29 heavy (non-hydrogen) atoms. The molecule has 2 aliphatic rings. The molecular weight excluding hydrogens is 390 g/mol. The van der Waals surface area contributed by atoms with E-state index in [-0.39, 0.29) is 11.5 Å². The summed E-state index contributed by atoms with van der Waals surface area (Å²) in [6.07, 6.45) is 0.960. The third-order valence-corrected chi connectivity index (χ3v) is 6.44. The first-order chi connectivity index (χ1) is 13.7. The molecule has 2 aliphatic carbocycles. The Morgan fingerprint density at radius 2 is 1.72 bits per heavy atom. The molecule has 0 saturated heterocycles. The van der Waals surface area contributed by atoms with Gasteiger partial charge in [-0.2, -0.15) is 13.2 Å². The van der Waals surface area contributed by atoms with Gasteiger partial charge in [0.05, 0.1) is 11.1 Å². The van der Waals surface area contributed by atoms with Gasteiger partial charge >= 0.3 is 6.18 Å². The van der Waals surface area contributed by atoms with E-state index >= 15 is 4.39 Å². The second kappa shape index (κ2) is 7.22. The zero-order chi connectivity index (χ0) is 20.9. The summed E-state index contributed by atoms with van der Waals surface area (Å²) in [7, 11) is 0. The smallest absolute Gasteiger partial charge is 0.206 e. The molecule has 6 heteroatoms. The number of hydrogen-bond donors (Lipinski definition) is 0. The number of halogens is 6. The van der Waals surface area contributed by atoms with Crippen LogP contribution < -0.4 is 0 Å². The summed E-state index contributed by atoms with van der Waals surface area (Å²) >= 11 is 0. The van der Waals surface area contributed by atoms with Gasteiger partial charge in [0.1, 0.15) is 17.5 Å². The molecule has 0 bridgehead atoms. The second-order valence-corrected chi connectivity index (χ2v) is 8.02. The molecule has 0 heterocycles. The lowest BCUT2D eigenvalue weighted by Crippen LogP contribution is -2.28. The van der Waals surface area contributed by atoms with Crippen molar-refractivity contribution in [2.24, 2.45) is 11.8 Å². The topological polar surface area (TPSA) is 0 Å². The van der Waals surface area contributed by atoms with E-state index in [2.05, 4.69) is 6.58 Å². The molecule has 2 aromatic rings. The minimum Gasteiger partial charge on any atom is -0.206 e. The Hall–Kier alpha value is -2.24. The van der Waals surface area contributed by atoms with Crippen LogP contribution in [-0.2, 0) is 12.6 Å². The van der Waals surface area contributed by atoms with E-state index in [1.54, 1.807) is 0 Å². The fraction of sp³-hybridized carbons (Fsp3) is 0.391. The first kappa shape index (κ1) is 20.0. The third-order valence-electron chi connectivity index (χ3n) is 6.44. The predicted octanol–water partition coefficient (Wildman–Crippen LogP) is 7.42. The molecule has 0 aliphatic heterocycles. The fourth-order valence-electron chi connectivity index (χ4n) is 5.00. The van der Waals surface area contributed by atoms with E-state index in [4.69, 9.17) is 0 Å². The van der Waals surface area contributed by atoms with Crippen molar-refractivity contribution in [3.8, 4) is 11.1 Å². The average molecular weight is 410 g/mol. The maximum Gasteiger partial charge on any atom is 0.419 e. The molecule has 4 rings (SSSR count). The van der Waals surface area contributed by atoms with Crippen LogP contribution in [0.1, 0.15) is 48.3 Å². The van der Waals surface area contributed by atoms with Crippen molar-refractivity contribution in [2.45, 2.75) is 44.2 Å². The standard InChI is InChI=1S/C23H20F6/c1-2-12-3-6-15-13(9-12)4-7-16-17(15)11-20(25)21(22(16)26)14-5-8-18(19(24)10-14)23(27,28)29/h2,5,8,10-13,15H,1,3-4,6-7,9H2/t12-,13-,15+/m1/s1. The maximum absolute atomic E-state index is 15.3. The lowest BCUT2D eigenvalue weighted by atomic mass is 9.65. The first-order valence-corrected chi connectivity index (χ1v) is 9.71. The van der Waals surface area contributed by atoms with Gasteiger partial charge in [0.25, 0.3) is 0 Å². The summed E-state index contributed by atoms with van der Waals surface area (Å²) in [5.41, 5.74) is -1.10. The monoisotopic (exact) mass is 410 g/mol. The van der Waals surface area contributed by atoms with Crippen LogP contribution in [0.3, 0.4) is 0 Å². The molecule has 0 N–H and O–H groups in total. The van der Waals surface area contributed by atoms with Crippen LogP contribution in [0.4, 0.5) is 26.3 Å². The van der Waals surface area contributed by atoms with E-state index in [0.29, 0.717) is 41.5 Å². The second-order valence-electron chi connectivity index (χ2n) is 8.02. The number of allylic oxidation sites excluding steroid dienone is 1. The van der Waals surface area contributed by atoms with Crippen LogP contribution >= 0.6 is 0 Å². The van der Waals surface area contributed by atoms with Gasteiger partial charge in [0, 0.05) is 0 Å². The van der Waals surface area contributed by atoms with Crippen molar-refractivity contribution >= 4 is 0 Å². The van der Waals surface area contributed by atoms with Gasteiger partial charge in [-0.15, -0.1) is 6.58 Å². The number of benzene rings is 2. The van der Waals surface area contributed by atoms with Crippen LogP contribution in [0.5, 0.6) is 0 Å². The molecule has 1 saturated carbocycles. The van der Waals surface area contributed by atoms with E-state index in [9.17, 15) is 22.0 Å². The molecule has 0 aromatic heterocycles. The first-order valence-electron chi connectivity index (χ1n) is 9.71. The highest BCUT2D eigenvalue weighted by molar-refractivity contribution is 5.68. The van der Waals surface area contributed by atoms with Gasteiger partial charge in [-0.05, 0) is 84.7 Å². The van der Waals surface area contributed by atoms with Crippen LogP contribution in [-0.4, -0.2) is 0 Å². The number of fused-ring (bicyclic) bond motifs is 3. The normalized spacial score (nSPS) is 24.0. The highest BCUT2D eigenvalue weighted by Gasteiger charge is 2.38. The fourth-order valence-corrected chi connectivity index (χ4v) is 5.00. The lowest BCUT2D eigenvalue weighted by molar-refractivity contribution is -0.139. The number of hydrogen-bond acceptors (Lipinski definition) is 0. The van der Waals surface area contributed by atoms with Gasteiger partial charge in [-0.3, -0.25) is 0 Å². The number of rotatable bonds is 2. The van der Waals surface area contributed by atoms with Gasteiger partial charge in [-0.1, -0.05) is 12.1 Å². The zero-order valence-electron chi connectivity index (χ0n) is 15.6. The minimum absolute atomic E-state index is 0.0670. The minimum atomic E-state index is -4.87. The Labute approximate surface area is 165 Å². The van der Waals surface area contributed by atoms with E-state index in [0.717, 1.165) is 31.7 Å². The van der Waals surface area contributed by atoms with Gasteiger partial charge in [-0.25, -0.2) is 13.2 Å². The molecule has 154 valence electrons. The highest BCUT2D eigenvalue weighted by Crippen LogP contribution is 2.49. The van der Waals surface area contributed by atoms with Gasteiger partial charge in [0.2, 0.25) is 0 Å². The van der Waals surface area contributed by atoms with Crippen molar-refractivity contribution in [1.29, 1.82) is 0 Å². The molecule has 2 aromatic carbocycles. The SMILES string of the molecule is C=C[C@@H]1CC[C@@H]2c3cc(F)c(-c4ccc(C(F)(F)F)c(F)c4)c(F)c3CC[C@@H]2C1. The van der Waals surface area contributed by atoms with Crippen LogP contribution in [0.25, 0.3) is 11.1 Å². The molecular formula is C23H20F6. The Balaban J connectivity index is 1.75. The molecule has 0 unspecified atom stereocenters. The number of alkyl halides is 3. The molecule has 0 radical (unpaired) electrons. The quantitative estimate of drug-likeness (QED) is 0.357. The Kier molecular flexibility index (Phi) is 4.99. The summed E-state index contributed by atoms with van der Waals surface area (Å²) in [5.74, 6) is -2.38. The summed E-state index contributed by atoms with van der Waals surface area (Å²) in [5, 5.41) is 0. The van der Waals surface area contributed by atoms with E-state index in [1.807, 2.05) is 6.08 Å². The van der Waals surface area contributed by atoms with Crippen molar-refractivity contribution in [2.75, 3.05) is 0 Å². The maximum atomic E-state index is 15.3. The van der Waals surface area contributed by atoms with Crippen molar-refractivity contribution in [1.82, 2.24) is 0 Å². The zero-order valence-corrected chi connectivity index (χ0v) is 15.6. The molecule has 0 amide bonds. The van der Waals surface area contributed by atoms with E-state index in [1.165, 1.54) is 6.07 Å². The van der Waals surface area contributed by atoms with Crippen LogP contribution in [0.15, 0.2) is 36.9 Å². The summed E-state index contributed by atoms with van der Waals surface area (Å²) < 4.78 is 82.5. The molecule has 3 atom stereocenters. The van der Waals surface area contributed by atoms with Gasteiger partial charge in [0.15, 0.2) is 0 Å². The summed E-state index contributed by atoms with van der Waals surface area (Å²) in [6.45, 7) is 3.85. The Morgan fingerprint density at radius 3 is 2.38 bits per heavy atom. The van der Waals surface area contributed by atoms with Crippen molar-refractivity contribution in [3.63, 3.8) is 0 Å². The van der Waals surface area contributed by atoms with Crippen molar-refractivity contribution < 1.29 is 26.3 Å². The molecule has 0 nitrogen and oxygen atoms in total. The predicted molar refractivity (Wildman–Crippen MR) is 98.8 cm³/mol. The van der Waals surface area contributed by atoms with Crippen LogP contribution in [0.2, 0.25) is 0 Å².